The number of unbranched alkanes of at least 4 members (excludes halogenated alkanes) is 7. The molecular formula is C31H49NS. The van der Waals surface area contributed by atoms with E-state index >= 15 is 0 Å². The molecule has 0 saturated heterocycles. The van der Waals surface area contributed by atoms with E-state index in [4.69, 9.17) is 12.2 Å². The normalized spacial score (nSPS) is 25.5. The molecule has 2 aliphatic rings. The molecule has 2 saturated carbocycles. The van der Waals surface area contributed by atoms with Crippen molar-refractivity contribution in [2.75, 3.05) is 0 Å². The number of hydrogen-bond acceptors (Lipinski definition) is 2. The summed E-state index contributed by atoms with van der Waals surface area (Å²) in [7, 11) is 0. The number of isothiocyanates is 1. The molecule has 0 unspecified atom stereocenters. The highest BCUT2D eigenvalue weighted by atomic mass is 32.1. The van der Waals surface area contributed by atoms with E-state index in [1.807, 2.05) is 0 Å². The first-order valence-corrected chi connectivity index (χ1v) is 14.9. The summed E-state index contributed by atoms with van der Waals surface area (Å²) in [5.41, 5.74) is 2.42. The van der Waals surface area contributed by atoms with E-state index in [2.05, 4.69) is 41.3 Å². The Bertz CT molecular complexity index is 673. The van der Waals surface area contributed by atoms with Gasteiger partial charge in [0.15, 0.2) is 0 Å². The SMILES string of the molecule is CCCCCCCCCCC1CCC(CCC2CCC(c3ccc(N=C=S)cc3)CC2)CC1. The molecule has 0 N–H and O–H groups in total. The van der Waals surface area contributed by atoms with Crippen LogP contribution in [0, 0.1) is 17.8 Å². The Kier molecular flexibility index (Phi) is 12.8. The summed E-state index contributed by atoms with van der Waals surface area (Å²) in [6.45, 7) is 2.31. The summed E-state index contributed by atoms with van der Waals surface area (Å²) in [5, 5.41) is 2.46. The van der Waals surface area contributed by atoms with Crippen molar-refractivity contribution in [2.45, 2.75) is 135 Å². The molecule has 0 radical (unpaired) electrons. The van der Waals surface area contributed by atoms with Gasteiger partial charge >= 0.3 is 0 Å². The maximum Gasteiger partial charge on any atom is 0.0739 e. The summed E-state index contributed by atoms with van der Waals surface area (Å²) in [6, 6.07) is 8.68. The zero-order valence-corrected chi connectivity index (χ0v) is 22.2. The van der Waals surface area contributed by atoms with Gasteiger partial charge in [0.05, 0.1) is 10.8 Å². The van der Waals surface area contributed by atoms with Crippen molar-refractivity contribution in [1.29, 1.82) is 0 Å². The average molecular weight is 468 g/mol. The van der Waals surface area contributed by atoms with Crippen LogP contribution >= 0.6 is 12.2 Å². The minimum absolute atomic E-state index is 0.749. The van der Waals surface area contributed by atoms with E-state index in [9.17, 15) is 0 Å². The molecule has 2 fully saturated rings. The lowest BCUT2D eigenvalue weighted by atomic mass is 9.74. The lowest BCUT2D eigenvalue weighted by Crippen LogP contribution is -2.17. The largest absolute Gasteiger partial charge is 0.195 e. The maximum absolute atomic E-state index is 4.71. The molecule has 2 heteroatoms. The Morgan fingerprint density at radius 3 is 1.70 bits per heavy atom. The third-order valence-electron chi connectivity index (χ3n) is 8.80. The summed E-state index contributed by atoms with van der Waals surface area (Å²) in [5.74, 6) is 3.82. The number of rotatable bonds is 14. The minimum Gasteiger partial charge on any atom is -0.195 e. The Hall–Kier alpha value is -0.980. The van der Waals surface area contributed by atoms with E-state index in [-0.39, 0.29) is 0 Å². The molecule has 1 aromatic rings. The molecule has 0 atom stereocenters. The first-order valence-electron chi connectivity index (χ1n) is 14.5. The molecule has 0 amide bonds. The third-order valence-corrected chi connectivity index (χ3v) is 8.89. The molecule has 0 spiro atoms. The second-order valence-corrected chi connectivity index (χ2v) is 11.4. The van der Waals surface area contributed by atoms with Crippen LogP contribution in [0.5, 0.6) is 0 Å². The zero-order chi connectivity index (χ0) is 23.1. The minimum atomic E-state index is 0.749. The summed E-state index contributed by atoms with van der Waals surface area (Å²) >= 11 is 4.71. The number of hydrogen-bond donors (Lipinski definition) is 0. The average Bonchev–Trinajstić information content (AvgIpc) is 2.86. The van der Waals surface area contributed by atoms with Gasteiger partial charge in [-0.05, 0) is 79.3 Å². The van der Waals surface area contributed by atoms with Crippen molar-refractivity contribution in [3.63, 3.8) is 0 Å². The molecule has 0 bridgehead atoms. The highest BCUT2D eigenvalue weighted by Gasteiger charge is 2.25. The molecule has 2 aliphatic carbocycles. The van der Waals surface area contributed by atoms with Gasteiger partial charge in [-0.25, -0.2) is 0 Å². The fourth-order valence-corrected chi connectivity index (χ4v) is 6.61. The number of thiocarbonyl (C=S) groups is 1. The van der Waals surface area contributed by atoms with Crippen molar-refractivity contribution in [2.24, 2.45) is 22.7 Å². The van der Waals surface area contributed by atoms with Gasteiger partial charge < -0.3 is 0 Å². The number of benzene rings is 1. The Balaban J connectivity index is 1.21. The van der Waals surface area contributed by atoms with Gasteiger partial charge in [-0.3, -0.25) is 0 Å². The molecule has 1 aromatic carbocycles. The smallest absolute Gasteiger partial charge is 0.0739 e. The third kappa shape index (κ3) is 10.0. The van der Waals surface area contributed by atoms with Crippen LogP contribution in [-0.2, 0) is 0 Å². The lowest BCUT2D eigenvalue weighted by molar-refractivity contribution is 0.222. The van der Waals surface area contributed by atoms with Crippen molar-refractivity contribution in [1.82, 2.24) is 0 Å². The van der Waals surface area contributed by atoms with E-state index in [0.29, 0.717) is 0 Å². The molecule has 3 rings (SSSR count). The highest BCUT2D eigenvalue weighted by Crippen LogP contribution is 2.40. The van der Waals surface area contributed by atoms with Gasteiger partial charge in [-0.1, -0.05) is 115 Å². The Labute approximate surface area is 210 Å². The topological polar surface area (TPSA) is 12.4 Å². The first-order chi connectivity index (χ1) is 16.3. The molecule has 33 heavy (non-hydrogen) atoms. The van der Waals surface area contributed by atoms with E-state index in [1.54, 1.807) is 0 Å². The van der Waals surface area contributed by atoms with Crippen LogP contribution in [0.25, 0.3) is 0 Å². The van der Waals surface area contributed by atoms with Gasteiger partial charge in [0.1, 0.15) is 0 Å². The predicted molar refractivity (Wildman–Crippen MR) is 148 cm³/mol. The Morgan fingerprint density at radius 1 is 0.667 bits per heavy atom. The highest BCUT2D eigenvalue weighted by molar-refractivity contribution is 7.78. The van der Waals surface area contributed by atoms with Crippen molar-refractivity contribution in [3.8, 4) is 0 Å². The zero-order valence-electron chi connectivity index (χ0n) is 21.4. The fraction of sp³-hybridized carbons (Fsp3) is 0.774. The van der Waals surface area contributed by atoms with Crippen LogP contribution in [0.15, 0.2) is 29.3 Å². The van der Waals surface area contributed by atoms with E-state index in [1.165, 1.54) is 128 Å². The summed E-state index contributed by atoms with van der Waals surface area (Å²) < 4.78 is 0. The fourth-order valence-electron chi connectivity index (χ4n) is 6.51. The molecule has 0 heterocycles. The summed E-state index contributed by atoms with van der Waals surface area (Å²) in [6.07, 6.45) is 27.9. The van der Waals surface area contributed by atoms with Gasteiger partial charge in [-0.15, -0.1) is 0 Å². The lowest BCUT2D eigenvalue weighted by Gasteiger charge is -2.32. The van der Waals surface area contributed by atoms with Gasteiger partial charge in [0.25, 0.3) is 0 Å². The maximum atomic E-state index is 4.71. The monoisotopic (exact) mass is 467 g/mol. The van der Waals surface area contributed by atoms with Crippen LogP contribution < -0.4 is 0 Å². The molecule has 0 aliphatic heterocycles. The molecule has 0 aromatic heterocycles. The van der Waals surface area contributed by atoms with Gasteiger partial charge in [0, 0.05) is 0 Å². The molecule has 1 nitrogen and oxygen atoms in total. The number of aliphatic imine (C=N–C) groups is 1. The Morgan fingerprint density at radius 2 is 1.15 bits per heavy atom. The van der Waals surface area contributed by atoms with Gasteiger partial charge in [-0.2, -0.15) is 4.99 Å². The van der Waals surface area contributed by atoms with Crippen LogP contribution in [-0.4, -0.2) is 5.16 Å². The second-order valence-electron chi connectivity index (χ2n) is 11.2. The van der Waals surface area contributed by atoms with Crippen molar-refractivity contribution < 1.29 is 0 Å². The predicted octanol–water partition coefficient (Wildman–Crippen LogP) is 10.8. The van der Waals surface area contributed by atoms with Crippen molar-refractivity contribution >= 4 is 23.1 Å². The van der Waals surface area contributed by atoms with Crippen molar-refractivity contribution in [3.05, 3.63) is 29.8 Å². The quantitative estimate of drug-likeness (QED) is 0.150. The van der Waals surface area contributed by atoms with E-state index in [0.717, 1.165) is 29.4 Å². The summed E-state index contributed by atoms with van der Waals surface area (Å²) in [4.78, 5) is 4.08. The van der Waals surface area contributed by atoms with Crippen LogP contribution in [0.2, 0.25) is 0 Å². The van der Waals surface area contributed by atoms with Crippen LogP contribution in [0.3, 0.4) is 0 Å². The number of nitrogens with zero attached hydrogens (tertiary/aromatic N) is 1. The van der Waals surface area contributed by atoms with Gasteiger partial charge in [0.2, 0.25) is 0 Å². The van der Waals surface area contributed by atoms with E-state index < -0.39 is 0 Å². The second kappa shape index (κ2) is 15.8. The molecular weight excluding hydrogens is 418 g/mol. The standard InChI is InChI=1S/C31H49NS/c1-2-3-4-5-6-7-8-9-10-26-11-13-27(14-12-26)15-16-28-17-19-29(20-18-28)30-21-23-31(24-22-30)32-25-33/h21-24,26-29H,2-20H2,1H3. The van der Waals surface area contributed by atoms with Crippen LogP contribution in [0.1, 0.15) is 140 Å². The molecule has 184 valence electrons. The first kappa shape index (κ1) is 26.6. The van der Waals surface area contributed by atoms with Crippen LogP contribution in [0.4, 0.5) is 5.69 Å².